The number of nitrogens with one attached hydrogen (secondary N) is 2. The summed E-state index contributed by atoms with van der Waals surface area (Å²) in [7, 11) is 0. The van der Waals surface area contributed by atoms with E-state index in [4.69, 9.17) is 0 Å². The van der Waals surface area contributed by atoms with Gasteiger partial charge in [-0.3, -0.25) is 9.59 Å². The molecule has 4 nitrogen and oxygen atoms in total. The van der Waals surface area contributed by atoms with Gasteiger partial charge in [-0.25, -0.2) is 4.39 Å². The fraction of sp³-hybridized carbons (Fsp3) is 0.857. The number of hydrogen-bond donors (Lipinski definition) is 2. The van der Waals surface area contributed by atoms with Crippen LogP contribution < -0.4 is 10.6 Å². The first-order chi connectivity index (χ1) is 9.17. The molecular formula is C14H21FN2O2. The van der Waals surface area contributed by atoms with Crippen molar-refractivity contribution in [3.8, 4) is 0 Å². The summed E-state index contributed by atoms with van der Waals surface area (Å²) in [5.74, 6) is -0.0276. The third kappa shape index (κ3) is 1.98. The molecule has 0 bridgehead atoms. The molecule has 1 saturated carbocycles. The Labute approximate surface area is 112 Å². The van der Waals surface area contributed by atoms with E-state index in [-0.39, 0.29) is 11.9 Å². The molecule has 0 aromatic carbocycles. The SMILES string of the molecule is O=C(CF)C1CC2(CN1)C(=O)NC1CCCCCC12. The zero-order chi connectivity index (χ0) is 13.5. The number of alkyl halides is 1. The molecule has 1 aliphatic carbocycles. The second-order valence-electron chi connectivity index (χ2n) is 6.22. The first kappa shape index (κ1) is 13.0. The molecule has 0 aromatic rings. The number of hydrogen-bond acceptors (Lipinski definition) is 3. The number of halogens is 1. The van der Waals surface area contributed by atoms with Gasteiger partial charge in [0.25, 0.3) is 0 Å². The van der Waals surface area contributed by atoms with Gasteiger partial charge in [0.15, 0.2) is 5.78 Å². The second kappa shape index (κ2) is 4.85. The Morgan fingerprint density at radius 2 is 2.11 bits per heavy atom. The standard InChI is InChI=1S/C14H21FN2O2/c15-7-12(18)11-6-14(8-16-11)9-4-2-1-3-5-10(9)17-13(14)19/h9-11,16H,1-8H2,(H,17,19). The smallest absolute Gasteiger partial charge is 0.228 e. The van der Waals surface area contributed by atoms with E-state index in [1.165, 1.54) is 6.42 Å². The Kier molecular flexibility index (Phi) is 3.33. The molecule has 1 spiro atoms. The highest BCUT2D eigenvalue weighted by Gasteiger charge is 2.58. The van der Waals surface area contributed by atoms with Crippen molar-refractivity contribution in [2.24, 2.45) is 11.3 Å². The van der Waals surface area contributed by atoms with E-state index in [9.17, 15) is 14.0 Å². The van der Waals surface area contributed by atoms with E-state index in [0.717, 1.165) is 25.7 Å². The van der Waals surface area contributed by atoms with Gasteiger partial charge in [0.1, 0.15) is 6.67 Å². The van der Waals surface area contributed by atoms with Crippen molar-refractivity contribution < 1.29 is 14.0 Å². The van der Waals surface area contributed by atoms with Crippen LogP contribution in [0.4, 0.5) is 4.39 Å². The maximum absolute atomic E-state index is 12.5. The third-order valence-electron chi connectivity index (χ3n) is 5.25. The van der Waals surface area contributed by atoms with Crippen LogP contribution in [-0.4, -0.2) is 37.0 Å². The maximum atomic E-state index is 12.5. The molecule has 4 atom stereocenters. The zero-order valence-electron chi connectivity index (χ0n) is 11.1. The van der Waals surface area contributed by atoms with Gasteiger partial charge in [0.05, 0.1) is 11.5 Å². The Balaban J connectivity index is 1.82. The number of ketones is 1. The Morgan fingerprint density at radius 3 is 2.89 bits per heavy atom. The van der Waals surface area contributed by atoms with Crippen molar-refractivity contribution in [2.45, 2.75) is 50.6 Å². The first-order valence-electron chi connectivity index (χ1n) is 7.30. The molecule has 1 amide bonds. The highest BCUT2D eigenvalue weighted by molar-refractivity contribution is 5.91. The van der Waals surface area contributed by atoms with E-state index in [1.807, 2.05) is 0 Å². The van der Waals surface area contributed by atoms with Crippen molar-refractivity contribution >= 4 is 11.7 Å². The molecule has 2 heterocycles. The molecular weight excluding hydrogens is 247 g/mol. The summed E-state index contributed by atoms with van der Waals surface area (Å²) in [6.45, 7) is -0.417. The quantitative estimate of drug-likeness (QED) is 0.784. The summed E-state index contributed by atoms with van der Waals surface area (Å²) < 4.78 is 12.5. The predicted molar refractivity (Wildman–Crippen MR) is 68.3 cm³/mol. The lowest BCUT2D eigenvalue weighted by molar-refractivity contribution is -0.128. The molecule has 19 heavy (non-hydrogen) atoms. The van der Waals surface area contributed by atoms with Crippen LogP contribution in [0, 0.1) is 11.3 Å². The van der Waals surface area contributed by atoms with Crippen LogP contribution in [0.15, 0.2) is 0 Å². The molecule has 3 rings (SSSR count). The molecule has 4 unspecified atom stereocenters. The highest BCUT2D eigenvalue weighted by atomic mass is 19.1. The molecule has 2 saturated heterocycles. The van der Waals surface area contributed by atoms with Gasteiger partial charge in [-0.15, -0.1) is 0 Å². The fourth-order valence-corrected chi connectivity index (χ4v) is 4.21. The number of carbonyl (C=O) groups excluding carboxylic acids is 2. The van der Waals surface area contributed by atoms with Crippen LogP contribution in [0.1, 0.15) is 38.5 Å². The molecule has 106 valence electrons. The van der Waals surface area contributed by atoms with Gasteiger partial charge in [-0.05, 0) is 25.2 Å². The van der Waals surface area contributed by atoms with E-state index >= 15 is 0 Å². The molecule has 3 aliphatic rings. The molecule has 0 aromatic heterocycles. The van der Waals surface area contributed by atoms with Crippen molar-refractivity contribution in [3.63, 3.8) is 0 Å². The van der Waals surface area contributed by atoms with Gasteiger partial charge in [0, 0.05) is 12.6 Å². The van der Waals surface area contributed by atoms with E-state index < -0.39 is 23.9 Å². The van der Waals surface area contributed by atoms with Gasteiger partial charge in [0.2, 0.25) is 5.91 Å². The van der Waals surface area contributed by atoms with Crippen molar-refractivity contribution in [1.29, 1.82) is 0 Å². The normalized spacial score (nSPS) is 41.9. The van der Waals surface area contributed by atoms with Gasteiger partial charge >= 0.3 is 0 Å². The second-order valence-corrected chi connectivity index (χ2v) is 6.22. The van der Waals surface area contributed by atoms with Gasteiger partial charge < -0.3 is 10.6 Å². The van der Waals surface area contributed by atoms with Crippen LogP contribution >= 0.6 is 0 Å². The molecule has 5 heteroatoms. The summed E-state index contributed by atoms with van der Waals surface area (Å²) in [6.07, 6.45) is 6.10. The minimum absolute atomic E-state index is 0.0751. The Hall–Kier alpha value is -0.970. The maximum Gasteiger partial charge on any atom is 0.228 e. The molecule has 0 radical (unpaired) electrons. The van der Waals surface area contributed by atoms with Crippen LogP contribution in [0.5, 0.6) is 0 Å². The first-order valence-corrected chi connectivity index (χ1v) is 7.30. The Bertz CT molecular complexity index is 401. The van der Waals surface area contributed by atoms with E-state index in [1.54, 1.807) is 0 Å². The van der Waals surface area contributed by atoms with E-state index in [2.05, 4.69) is 10.6 Å². The van der Waals surface area contributed by atoms with Crippen LogP contribution in [-0.2, 0) is 9.59 Å². The van der Waals surface area contributed by atoms with Crippen molar-refractivity contribution in [2.75, 3.05) is 13.2 Å². The number of rotatable bonds is 2. The summed E-state index contributed by atoms with van der Waals surface area (Å²) in [5.41, 5.74) is -0.468. The lowest BCUT2D eigenvalue weighted by Crippen LogP contribution is -2.37. The highest BCUT2D eigenvalue weighted by Crippen LogP contribution is 2.48. The van der Waals surface area contributed by atoms with Crippen molar-refractivity contribution in [1.82, 2.24) is 10.6 Å². The van der Waals surface area contributed by atoms with Crippen LogP contribution in [0.25, 0.3) is 0 Å². The largest absolute Gasteiger partial charge is 0.353 e. The number of carbonyl (C=O) groups is 2. The van der Waals surface area contributed by atoms with E-state index in [0.29, 0.717) is 18.9 Å². The van der Waals surface area contributed by atoms with Gasteiger partial charge in [-0.2, -0.15) is 0 Å². The third-order valence-corrected chi connectivity index (χ3v) is 5.25. The van der Waals surface area contributed by atoms with Crippen LogP contribution in [0.3, 0.4) is 0 Å². The Morgan fingerprint density at radius 1 is 1.32 bits per heavy atom. The number of fused-ring (bicyclic) bond motifs is 2. The molecule has 2 aliphatic heterocycles. The zero-order valence-corrected chi connectivity index (χ0v) is 11.1. The van der Waals surface area contributed by atoms with Gasteiger partial charge in [-0.1, -0.05) is 19.3 Å². The monoisotopic (exact) mass is 268 g/mol. The lowest BCUT2D eigenvalue weighted by atomic mass is 9.71. The average Bonchev–Trinajstić information content (AvgIpc) is 2.87. The lowest BCUT2D eigenvalue weighted by Gasteiger charge is -2.28. The van der Waals surface area contributed by atoms with Crippen LogP contribution in [0.2, 0.25) is 0 Å². The molecule has 2 N–H and O–H groups in total. The minimum Gasteiger partial charge on any atom is -0.353 e. The summed E-state index contributed by atoms with van der Waals surface area (Å²) in [6, 6.07) is -0.214. The molecule has 3 fully saturated rings. The summed E-state index contributed by atoms with van der Waals surface area (Å²) in [4.78, 5) is 23.9. The number of amides is 1. The summed E-state index contributed by atoms with van der Waals surface area (Å²) in [5, 5.41) is 6.20. The summed E-state index contributed by atoms with van der Waals surface area (Å²) >= 11 is 0. The van der Waals surface area contributed by atoms with Crippen molar-refractivity contribution in [3.05, 3.63) is 0 Å². The minimum atomic E-state index is -0.941. The number of Topliss-reactive ketones (excluding diaryl/α,β-unsaturated/α-hetero) is 1. The fourth-order valence-electron chi connectivity index (χ4n) is 4.21. The average molecular weight is 268 g/mol. The predicted octanol–water partition coefficient (Wildman–Crippen LogP) is 0.952. The topological polar surface area (TPSA) is 58.2 Å².